The minimum Gasteiger partial charge on any atom is -0.444 e. The summed E-state index contributed by atoms with van der Waals surface area (Å²) in [6.45, 7) is 14.0. The molecule has 2 aromatic rings. The highest BCUT2D eigenvalue weighted by Crippen LogP contribution is 2.37. The molecule has 0 radical (unpaired) electrons. The first-order valence-corrected chi connectivity index (χ1v) is 17.6. The molecule has 55 heavy (non-hydrogen) atoms. The molecule has 0 aliphatic carbocycles. The lowest BCUT2D eigenvalue weighted by Crippen LogP contribution is -2.39. The monoisotopic (exact) mass is 813 g/mol. The van der Waals surface area contributed by atoms with Crippen molar-refractivity contribution in [2.45, 2.75) is 97.2 Å². The Labute approximate surface area is 319 Å². The molecule has 0 aromatic heterocycles. The molecular formula is C35H46ClF6N5O8. The average Bonchev–Trinajstić information content (AvgIpc) is 3.47. The Morgan fingerprint density at radius 3 is 1.47 bits per heavy atom. The number of hydrogen-bond acceptors (Lipinski definition) is 9. The van der Waals surface area contributed by atoms with E-state index in [9.17, 15) is 56.2 Å². The Hall–Kier alpha value is -4.55. The topological polar surface area (TPSA) is 149 Å². The van der Waals surface area contributed by atoms with Crippen LogP contribution in [-0.2, 0) is 21.8 Å². The van der Waals surface area contributed by atoms with Gasteiger partial charge < -0.3 is 24.2 Å². The summed E-state index contributed by atoms with van der Waals surface area (Å²) in [7, 11) is 0. The van der Waals surface area contributed by atoms with Gasteiger partial charge in [0, 0.05) is 51.4 Å². The van der Waals surface area contributed by atoms with E-state index in [0.717, 1.165) is 44.1 Å². The van der Waals surface area contributed by atoms with Crippen LogP contribution in [0.2, 0.25) is 5.02 Å². The number of carbonyl (C=O) groups excluding carboxylic acids is 2. The molecule has 0 saturated carbocycles. The molecule has 0 N–H and O–H groups in total. The summed E-state index contributed by atoms with van der Waals surface area (Å²) < 4.78 is 85.5. The lowest BCUT2D eigenvalue weighted by atomic mass is 10.1. The number of nitro benzene ring substituents is 2. The molecule has 2 saturated heterocycles. The number of rotatable bonds is 3. The number of hydrogen-bond donors (Lipinski definition) is 0. The van der Waals surface area contributed by atoms with Crippen molar-refractivity contribution >= 4 is 40.8 Å². The molecule has 0 atom stereocenters. The van der Waals surface area contributed by atoms with Crippen LogP contribution in [0.15, 0.2) is 36.4 Å². The van der Waals surface area contributed by atoms with Crippen molar-refractivity contribution in [3.8, 4) is 0 Å². The number of nitrogens with zero attached hydrogens (tertiary/aromatic N) is 5. The molecule has 0 spiro atoms. The van der Waals surface area contributed by atoms with Gasteiger partial charge in [-0.2, -0.15) is 26.3 Å². The maximum Gasteiger partial charge on any atom is 0.416 e. The van der Waals surface area contributed by atoms with Gasteiger partial charge in [-0.3, -0.25) is 20.2 Å². The fourth-order valence-electron chi connectivity index (χ4n) is 5.19. The van der Waals surface area contributed by atoms with Crippen molar-refractivity contribution < 1.29 is 55.3 Å². The van der Waals surface area contributed by atoms with Crippen LogP contribution < -0.4 is 4.90 Å². The van der Waals surface area contributed by atoms with Crippen LogP contribution in [0, 0.1) is 20.2 Å². The lowest BCUT2D eigenvalue weighted by molar-refractivity contribution is -0.385. The number of anilines is 1. The number of likely N-dealkylation sites (tertiary alicyclic amines) is 1. The zero-order valence-electron chi connectivity index (χ0n) is 31.4. The van der Waals surface area contributed by atoms with Crippen LogP contribution >= 0.6 is 11.6 Å². The van der Waals surface area contributed by atoms with Crippen molar-refractivity contribution in [2.24, 2.45) is 0 Å². The van der Waals surface area contributed by atoms with Gasteiger partial charge in [0.2, 0.25) is 0 Å². The average molecular weight is 814 g/mol. The molecule has 308 valence electrons. The summed E-state index contributed by atoms with van der Waals surface area (Å²) in [4.78, 5) is 48.6. The van der Waals surface area contributed by atoms with Gasteiger partial charge in [-0.05, 0) is 85.1 Å². The van der Waals surface area contributed by atoms with Crippen LogP contribution in [0.5, 0.6) is 0 Å². The second kappa shape index (κ2) is 19.4. The largest absolute Gasteiger partial charge is 0.444 e. The molecule has 0 bridgehead atoms. The van der Waals surface area contributed by atoms with Gasteiger partial charge in [0.15, 0.2) is 0 Å². The standard InChI is InChI=1S/C17H22F3N3O4.C11H21NO2.C7H3ClF3NO2/c1-16(2,3)27-15(24)22-8-4-7-21(9-10-22)13-6-5-12(17(18,19)20)11-14(13)23(25)26;1-11(2,3)14-10(13)12-8-6-4-5-7-9-12;8-5-2-1-4(7(9,10)11)3-6(5)12(13)14/h5-6,11H,4,7-10H2,1-3H3;4-9H2,1-3H3;1-3H. The van der Waals surface area contributed by atoms with Crippen molar-refractivity contribution in [1.82, 2.24) is 9.80 Å². The summed E-state index contributed by atoms with van der Waals surface area (Å²) in [5.41, 5.74) is -4.41. The zero-order valence-corrected chi connectivity index (χ0v) is 32.1. The summed E-state index contributed by atoms with van der Waals surface area (Å²) in [6.07, 6.45) is -4.69. The second-order valence-electron chi connectivity index (χ2n) is 14.6. The number of benzene rings is 2. The summed E-state index contributed by atoms with van der Waals surface area (Å²) in [6, 6.07) is 4.44. The number of ether oxygens (including phenoxy) is 2. The number of amides is 2. The van der Waals surface area contributed by atoms with Crippen LogP contribution in [0.4, 0.5) is 53.0 Å². The van der Waals surface area contributed by atoms with E-state index in [0.29, 0.717) is 37.7 Å². The van der Waals surface area contributed by atoms with E-state index in [1.165, 1.54) is 17.7 Å². The molecule has 0 unspecified atom stereocenters. The van der Waals surface area contributed by atoms with E-state index in [1.54, 1.807) is 25.7 Å². The van der Waals surface area contributed by atoms with Gasteiger partial charge in [0.25, 0.3) is 11.4 Å². The van der Waals surface area contributed by atoms with Gasteiger partial charge in [0.05, 0.1) is 21.0 Å². The number of alkyl halides is 6. The van der Waals surface area contributed by atoms with Crippen molar-refractivity contribution in [3.05, 3.63) is 72.8 Å². The van der Waals surface area contributed by atoms with E-state index >= 15 is 0 Å². The summed E-state index contributed by atoms with van der Waals surface area (Å²) in [5, 5.41) is 21.2. The van der Waals surface area contributed by atoms with Gasteiger partial charge >= 0.3 is 24.5 Å². The Balaban J connectivity index is 0.000000314. The van der Waals surface area contributed by atoms with Gasteiger partial charge in [-0.15, -0.1) is 0 Å². The Bertz CT molecular complexity index is 1640. The first-order chi connectivity index (χ1) is 25.2. The highest BCUT2D eigenvalue weighted by Gasteiger charge is 2.35. The highest BCUT2D eigenvalue weighted by molar-refractivity contribution is 6.32. The molecule has 2 heterocycles. The van der Waals surface area contributed by atoms with E-state index < -0.39 is 56.4 Å². The molecule has 2 aliphatic rings. The van der Waals surface area contributed by atoms with Crippen molar-refractivity contribution in [1.29, 1.82) is 0 Å². The minimum atomic E-state index is -4.66. The quantitative estimate of drug-likeness (QED) is 0.168. The SMILES string of the molecule is CC(C)(C)OC(=O)N1CCCCCC1.CC(C)(C)OC(=O)N1CCCN(c2ccc(C(F)(F)F)cc2[N+](=O)[O-])CC1.O=[N+]([O-])c1cc(C(F)(F)F)ccc1Cl. The third-order valence-corrected chi connectivity index (χ3v) is 8.04. The second-order valence-corrected chi connectivity index (χ2v) is 15.0. The van der Waals surface area contributed by atoms with Crippen LogP contribution in [0.3, 0.4) is 0 Å². The van der Waals surface area contributed by atoms with E-state index in [2.05, 4.69) is 0 Å². The molecule has 2 aromatic carbocycles. The molecule has 4 rings (SSSR count). The predicted octanol–water partition coefficient (Wildman–Crippen LogP) is 10.1. The third-order valence-electron chi connectivity index (χ3n) is 7.72. The van der Waals surface area contributed by atoms with Crippen molar-refractivity contribution in [3.63, 3.8) is 0 Å². The van der Waals surface area contributed by atoms with Crippen molar-refractivity contribution in [2.75, 3.05) is 44.2 Å². The van der Waals surface area contributed by atoms with E-state index in [-0.39, 0.29) is 35.5 Å². The van der Waals surface area contributed by atoms with Crippen LogP contribution in [-0.4, -0.2) is 82.3 Å². The highest BCUT2D eigenvalue weighted by atomic mass is 35.5. The summed E-state index contributed by atoms with van der Waals surface area (Å²) >= 11 is 5.33. The first kappa shape index (κ1) is 46.6. The molecular weight excluding hydrogens is 768 g/mol. The van der Waals surface area contributed by atoms with E-state index in [4.69, 9.17) is 21.1 Å². The minimum absolute atomic E-state index is 0.110. The molecule has 13 nitrogen and oxygen atoms in total. The molecule has 2 fully saturated rings. The Morgan fingerprint density at radius 1 is 0.618 bits per heavy atom. The van der Waals surface area contributed by atoms with Gasteiger partial charge in [-0.25, -0.2) is 9.59 Å². The normalized spacial score (nSPS) is 15.6. The Kier molecular flexibility index (Phi) is 16.4. The molecule has 20 heteroatoms. The third kappa shape index (κ3) is 16.0. The fourth-order valence-corrected chi connectivity index (χ4v) is 5.38. The number of nitro groups is 2. The summed E-state index contributed by atoms with van der Waals surface area (Å²) in [5.74, 6) is 0. The Morgan fingerprint density at radius 2 is 1.04 bits per heavy atom. The van der Waals surface area contributed by atoms with Crippen LogP contribution in [0.1, 0.15) is 84.8 Å². The lowest BCUT2D eigenvalue weighted by Gasteiger charge is -2.27. The number of carbonyl (C=O) groups is 2. The predicted molar refractivity (Wildman–Crippen MR) is 192 cm³/mol. The number of halogens is 7. The molecule has 2 aliphatic heterocycles. The van der Waals surface area contributed by atoms with Gasteiger partial charge in [0.1, 0.15) is 21.9 Å². The smallest absolute Gasteiger partial charge is 0.416 e. The zero-order chi connectivity index (χ0) is 41.9. The maximum absolute atomic E-state index is 12.9. The maximum atomic E-state index is 12.9. The van der Waals surface area contributed by atoms with Gasteiger partial charge in [-0.1, -0.05) is 24.4 Å². The first-order valence-electron chi connectivity index (χ1n) is 17.3. The fraction of sp³-hybridized carbons (Fsp3) is 0.600. The van der Waals surface area contributed by atoms with Crippen LogP contribution in [0.25, 0.3) is 0 Å². The van der Waals surface area contributed by atoms with E-state index in [1.807, 2.05) is 25.7 Å². The molecule has 2 amide bonds.